The molecule has 1 heterocycles. The summed E-state index contributed by atoms with van der Waals surface area (Å²) in [5.74, 6) is 2.78. The Morgan fingerprint density at radius 3 is 0.521 bits per heavy atom. The molecule has 1 aliphatic heterocycles. The summed E-state index contributed by atoms with van der Waals surface area (Å²) >= 11 is 0. The van der Waals surface area contributed by atoms with Gasteiger partial charge in [-0.15, -0.1) is 0 Å². The van der Waals surface area contributed by atoms with Crippen LogP contribution in [-0.2, 0) is 0 Å². The molecule has 0 fully saturated rings. The van der Waals surface area contributed by atoms with Gasteiger partial charge in [0, 0.05) is 0 Å². The van der Waals surface area contributed by atoms with Crippen LogP contribution in [0.5, 0.6) is 34.5 Å². The second kappa shape index (κ2) is 14.3. The van der Waals surface area contributed by atoms with Gasteiger partial charge in [-0.3, -0.25) is 0 Å². The van der Waals surface area contributed by atoms with Crippen molar-refractivity contribution in [2.24, 2.45) is 13.5 Å². The van der Waals surface area contributed by atoms with E-state index in [0.29, 0.717) is 34.5 Å². The van der Waals surface area contributed by atoms with Crippen LogP contribution in [0.4, 0.5) is 0 Å². The SMILES string of the molecule is c1ccc(OP2(Oc3ccccc3)=NP(Oc3ccccc3)(Oc3ccccc3)=NP(Oc3ccccc3)(Oc3ccccc3)=N2)cc1. The molecular formula is C36H30N3O6P3. The van der Waals surface area contributed by atoms with Crippen LogP contribution in [0.3, 0.4) is 0 Å². The normalized spacial score (nSPS) is 15.2. The lowest BCUT2D eigenvalue weighted by Gasteiger charge is -2.33. The van der Waals surface area contributed by atoms with Gasteiger partial charge in [-0.25, -0.2) is 0 Å². The molecule has 48 heavy (non-hydrogen) atoms. The van der Waals surface area contributed by atoms with E-state index in [4.69, 9.17) is 40.7 Å². The van der Waals surface area contributed by atoms with E-state index < -0.39 is 23.0 Å². The van der Waals surface area contributed by atoms with E-state index in [2.05, 4.69) is 0 Å². The van der Waals surface area contributed by atoms with Gasteiger partial charge in [0.2, 0.25) is 0 Å². The van der Waals surface area contributed by atoms with E-state index in [0.717, 1.165) is 0 Å². The lowest BCUT2D eigenvalue weighted by atomic mass is 10.3. The van der Waals surface area contributed by atoms with Crippen molar-refractivity contribution in [3.05, 3.63) is 182 Å². The molecule has 0 saturated heterocycles. The van der Waals surface area contributed by atoms with Gasteiger partial charge in [-0.05, 0) is 72.8 Å². The van der Waals surface area contributed by atoms with E-state index in [1.807, 2.05) is 109 Å². The van der Waals surface area contributed by atoms with Crippen LogP contribution in [0.25, 0.3) is 0 Å². The maximum Gasteiger partial charge on any atom is 0.460 e. The van der Waals surface area contributed by atoms with E-state index in [-0.39, 0.29) is 0 Å². The van der Waals surface area contributed by atoms with Crippen LogP contribution in [-0.4, -0.2) is 0 Å². The van der Waals surface area contributed by atoms with Gasteiger partial charge in [0.05, 0.1) is 0 Å². The first-order chi connectivity index (χ1) is 23.6. The number of hydrogen-bond donors (Lipinski definition) is 0. The van der Waals surface area contributed by atoms with Crippen LogP contribution >= 0.6 is 23.0 Å². The third-order valence-corrected chi connectivity index (χ3v) is 14.6. The minimum Gasteiger partial charge on any atom is -0.413 e. The number of nitrogens with zero attached hydrogens (tertiary/aromatic N) is 3. The van der Waals surface area contributed by atoms with E-state index >= 15 is 0 Å². The number of para-hydroxylation sites is 6. The smallest absolute Gasteiger partial charge is 0.413 e. The molecule has 0 aliphatic carbocycles. The van der Waals surface area contributed by atoms with Gasteiger partial charge < -0.3 is 27.1 Å². The summed E-state index contributed by atoms with van der Waals surface area (Å²) in [6, 6.07) is 55.3. The van der Waals surface area contributed by atoms with Gasteiger partial charge in [0.15, 0.2) is 0 Å². The van der Waals surface area contributed by atoms with Gasteiger partial charge in [-0.1, -0.05) is 123 Å². The second-order valence-corrected chi connectivity index (χ2v) is 16.4. The quantitative estimate of drug-likeness (QED) is 0.118. The third-order valence-electron chi connectivity index (χ3n) is 6.48. The van der Waals surface area contributed by atoms with Crippen molar-refractivity contribution >= 4 is 23.0 Å². The predicted molar refractivity (Wildman–Crippen MR) is 190 cm³/mol. The summed E-state index contributed by atoms with van der Waals surface area (Å²) in [6.45, 7) is 0. The maximum absolute atomic E-state index is 6.74. The number of rotatable bonds is 12. The Kier molecular flexibility index (Phi) is 9.35. The van der Waals surface area contributed by atoms with Crippen LogP contribution in [0.2, 0.25) is 0 Å². The maximum atomic E-state index is 6.74. The highest BCUT2D eigenvalue weighted by Gasteiger charge is 2.48. The summed E-state index contributed by atoms with van der Waals surface area (Å²) in [5.41, 5.74) is 0. The molecule has 9 nitrogen and oxygen atoms in total. The molecule has 0 amide bonds. The first kappa shape index (κ1) is 31.4. The number of hydrogen-bond acceptors (Lipinski definition) is 9. The van der Waals surface area contributed by atoms with Crippen molar-refractivity contribution in [1.82, 2.24) is 0 Å². The van der Waals surface area contributed by atoms with Crippen LogP contribution in [0.1, 0.15) is 0 Å². The van der Waals surface area contributed by atoms with Gasteiger partial charge in [0.25, 0.3) is 0 Å². The molecule has 12 heteroatoms. The fourth-order valence-electron chi connectivity index (χ4n) is 4.47. The Morgan fingerprint density at radius 1 is 0.229 bits per heavy atom. The third kappa shape index (κ3) is 7.84. The van der Waals surface area contributed by atoms with Crippen LogP contribution in [0, 0.1) is 0 Å². The van der Waals surface area contributed by atoms with Gasteiger partial charge >= 0.3 is 23.0 Å². The average molecular weight is 694 g/mol. The van der Waals surface area contributed by atoms with Crippen molar-refractivity contribution in [1.29, 1.82) is 0 Å². The highest BCUT2D eigenvalue weighted by atomic mass is 31.3. The molecule has 0 saturated carbocycles. The summed E-state index contributed by atoms with van der Waals surface area (Å²) < 4.78 is 56.0. The molecular weight excluding hydrogens is 663 g/mol. The first-order valence-corrected chi connectivity index (χ1v) is 19.6. The molecule has 1 aliphatic rings. The molecule has 0 spiro atoms. The lowest BCUT2D eigenvalue weighted by molar-refractivity contribution is 0.443. The fraction of sp³-hybridized carbons (Fsp3) is 0. The molecule has 0 N–H and O–H groups in total. The molecule has 0 bridgehead atoms. The summed E-state index contributed by atoms with van der Waals surface area (Å²) in [4.78, 5) is 0. The minimum atomic E-state index is -3.87. The molecule has 7 rings (SSSR count). The van der Waals surface area contributed by atoms with Gasteiger partial charge in [0.1, 0.15) is 34.5 Å². The Bertz CT molecular complexity index is 1710. The Morgan fingerprint density at radius 2 is 0.375 bits per heavy atom. The molecule has 0 unspecified atom stereocenters. The Balaban J connectivity index is 1.55. The topological polar surface area (TPSA) is 92.5 Å². The summed E-state index contributed by atoms with van der Waals surface area (Å²) in [7, 11) is -11.6. The van der Waals surface area contributed by atoms with Crippen molar-refractivity contribution in [2.45, 2.75) is 0 Å². The van der Waals surface area contributed by atoms with Crippen LogP contribution in [0.15, 0.2) is 196 Å². The van der Waals surface area contributed by atoms with Crippen molar-refractivity contribution in [3.8, 4) is 34.5 Å². The van der Waals surface area contributed by atoms with Crippen molar-refractivity contribution in [2.75, 3.05) is 0 Å². The zero-order chi connectivity index (χ0) is 32.5. The van der Waals surface area contributed by atoms with Crippen molar-refractivity contribution in [3.63, 3.8) is 0 Å². The fourth-order valence-corrected chi connectivity index (χ4v) is 13.5. The van der Waals surface area contributed by atoms with E-state index in [1.54, 1.807) is 72.8 Å². The predicted octanol–water partition coefficient (Wildman–Crippen LogP) is 12.3. The first-order valence-electron chi connectivity index (χ1n) is 15.0. The second-order valence-electron chi connectivity index (χ2n) is 10.2. The monoisotopic (exact) mass is 693 g/mol. The van der Waals surface area contributed by atoms with E-state index in [1.165, 1.54) is 0 Å². The van der Waals surface area contributed by atoms with Gasteiger partial charge in [-0.2, -0.15) is 0 Å². The molecule has 6 aromatic rings. The molecule has 0 atom stereocenters. The highest BCUT2D eigenvalue weighted by Crippen LogP contribution is 2.78. The average Bonchev–Trinajstić information content (AvgIpc) is 3.10. The zero-order valence-electron chi connectivity index (χ0n) is 25.5. The van der Waals surface area contributed by atoms with E-state index in [9.17, 15) is 0 Å². The lowest BCUT2D eigenvalue weighted by Crippen LogP contribution is -2.11. The molecule has 6 aromatic carbocycles. The standard InChI is InChI=1S/C36H30N3O6P3/c1-7-19-31(20-8-1)40-46(41-32-21-9-2-10-22-32)37-47(42-33-23-11-3-12-24-33,43-34-25-13-4-14-26-34)39-48(38-46,44-35-27-15-5-16-28-35)45-36-29-17-6-18-30-36/h1-30H. The molecule has 0 aromatic heterocycles. The summed E-state index contributed by atoms with van der Waals surface area (Å²) in [6.07, 6.45) is 0. The minimum absolute atomic E-state index is 0.464. The molecule has 240 valence electrons. The Hall–Kier alpha value is -5.19. The van der Waals surface area contributed by atoms with Crippen molar-refractivity contribution < 1.29 is 27.1 Å². The van der Waals surface area contributed by atoms with Crippen LogP contribution < -0.4 is 27.1 Å². The largest absolute Gasteiger partial charge is 0.460 e. The number of benzene rings is 6. The Labute approximate surface area is 279 Å². The zero-order valence-corrected chi connectivity index (χ0v) is 28.1. The highest BCUT2D eigenvalue weighted by molar-refractivity contribution is 7.79. The summed E-state index contributed by atoms with van der Waals surface area (Å²) in [5, 5.41) is 0. The molecule has 0 radical (unpaired) electrons.